The molecule has 0 bridgehead atoms. The first kappa shape index (κ1) is 13.3. The minimum atomic E-state index is -3.31. The molecule has 1 aliphatic carbocycles. The van der Waals surface area contributed by atoms with Gasteiger partial charge >= 0.3 is 0 Å². The number of fused-ring (bicyclic) bond motifs is 1. The third-order valence-corrected chi connectivity index (χ3v) is 5.12. The highest BCUT2D eigenvalue weighted by Gasteiger charge is 2.18. The molecule has 1 aromatic carbocycles. The molecule has 0 spiro atoms. The van der Waals surface area contributed by atoms with Crippen LogP contribution in [-0.4, -0.2) is 20.0 Å². The second-order valence-corrected chi connectivity index (χ2v) is 7.02. The van der Waals surface area contributed by atoms with Crippen molar-refractivity contribution in [3.8, 4) is 0 Å². The van der Waals surface area contributed by atoms with Crippen LogP contribution in [0.5, 0.6) is 0 Å². The zero-order chi connectivity index (χ0) is 13.2. The fourth-order valence-corrected chi connectivity index (χ4v) is 3.69. The van der Waals surface area contributed by atoms with Crippen LogP contribution in [-0.2, 0) is 27.5 Å². The number of carbonyl (C=O) groups excluding carboxylic acids is 1. The molecule has 1 aromatic rings. The molecule has 0 N–H and O–H groups in total. The maximum Gasteiger partial charge on any atom is 0.178 e. The number of hydrogen-bond acceptors (Lipinski definition) is 3. The molecule has 2 rings (SSSR count). The molecule has 0 radical (unpaired) electrons. The Morgan fingerprint density at radius 2 is 1.83 bits per heavy atom. The minimum absolute atomic E-state index is 0.0822. The van der Waals surface area contributed by atoms with E-state index in [4.69, 9.17) is 0 Å². The van der Waals surface area contributed by atoms with Crippen LogP contribution in [0.2, 0.25) is 0 Å². The molecule has 18 heavy (non-hydrogen) atoms. The second kappa shape index (κ2) is 5.22. The molecule has 3 nitrogen and oxygen atoms in total. The fraction of sp³-hybridized carbons (Fsp3) is 0.500. The number of ketones is 1. The van der Waals surface area contributed by atoms with Crippen molar-refractivity contribution >= 4 is 15.6 Å². The van der Waals surface area contributed by atoms with Crippen LogP contribution in [0.1, 0.15) is 37.3 Å². The van der Waals surface area contributed by atoms with E-state index in [2.05, 4.69) is 0 Å². The van der Waals surface area contributed by atoms with Gasteiger partial charge in [-0.15, -0.1) is 0 Å². The summed E-state index contributed by atoms with van der Waals surface area (Å²) < 4.78 is 24.1. The van der Waals surface area contributed by atoms with E-state index < -0.39 is 9.84 Å². The van der Waals surface area contributed by atoms with Gasteiger partial charge in [0.2, 0.25) is 0 Å². The van der Waals surface area contributed by atoms with Gasteiger partial charge in [-0.05, 0) is 55.9 Å². The van der Waals surface area contributed by atoms with Gasteiger partial charge in [0.25, 0.3) is 0 Å². The molecule has 0 aliphatic heterocycles. The molecule has 0 unspecified atom stereocenters. The lowest BCUT2D eigenvalue weighted by molar-refractivity contribution is -0.116. The molecule has 0 heterocycles. The monoisotopic (exact) mass is 266 g/mol. The van der Waals surface area contributed by atoms with Crippen molar-refractivity contribution in [3.05, 3.63) is 29.3 Å². The Bertz CT molecular complexity index is 558. The van der Waals surface area contributed by atoms with E-state index in [-0.39, 0.29) is 18.0 Å². The van der Waals surface area contributed by atoms with Crippen LogP contribution in [0.4, 0.5) is 0 Å². The highest BCUT2D eigenvalue weighted by atomic mass is 32.2. The summed E-state index contributed by atoms with van der Waals surface area (Å²) in [6.45, 7) is 1.42. The van der Waals surface area contributed by atoms with Gasteiger partial charge in [-0.1, -0.05) is 6.07 Å². The number of rotatable bonds is 4. The number of hydrogen-bond donors (Lipinski definition) is 0. The van der Waals surface area contributed by atoms with Crippen molar-refractivity contribution in [2.24, 2.45) is 0 Å². The molecular weight excluding hydrogens is 248 g/mol. The van der Waals surface area contributed by atoms with E-state index in [0.29, 0.717) is 4.90 Å². The van der Waals surface area contributed by atoms with E-state index in [1.165, 1.54) is 18.9 Å². The van der Waals surface area contributed by atoms with Crippen molar-refractivity contribution in [2.75, 3.05) is 5.75 Å². The summed E-state index contributed by atoms with van der Waals surface area (Å²) in [5, 5.41) is 0. The topological polar surface area (TPSA) is 51.2 Å². The highest BCUT2D eigenvalue weighted by molar-refractivity contribution is 7.91. The largest absolute Gasteiger partial charge is 0.300 e. The van der Waals surface area contributed by atoms with Gasteiger partial charge in [-0.25, -0.2) is 8.42 Å². The van der Waals surface area contributed by atoms with Gasteiger partial charge in [0.1, 0.15) is 5.78 Å². The van der Waals surface area contributed by atoms with Crippen molar-refractivity contribution in [1.29, 1.82) is 0 Å². The number of benzene rings is 1. The predicted octanol–water partition coefficient (Wildman–Crippen LogP) is 2.32. The summed E-state index contributed by atoms with van der Waals surface area (Å²) in [4.78, 5) is 11.3. The number of carbonyl (C=O) groups is 1. The zero-order valence-electron chi connectivity index (χ0n) is 10.6. The predicted molar refractivity (Wildman–Crippen MR) is 70.4 cm³/mol. The molecule has 0 saturated heterocycles. The Morgan fingerprint density at radius 1 is 1.17 bits per heavy atom. The molecule has 0 aromatic heterocycles. The van der Waals surface area contributed by atoms with Crippen molar-refractivity contribution < 1.29 is 13.2 Å². The number of Topliss-reactive ketones (excluding diaryl/α,β-unsaturated/α-hetero) is 1. The smallest absolute Gasteiger partial charge is 0.178 e. The Morgan fingerprint density at radius 3 is 2.50 bits per heavy atom. The minimum Gasteiger partial charge on any atom is -0.300 e. The molecule has 0 atom stereocenters. The van der Waals surface area contributed by atoms with E-state index >= 15 is 0 Å². The van der Waals surface area contributed by atoms with Crippen molar-refractivity contribution in [1.82, 2.24) is 0 Å². The average Bonchev–Trinajstić information content (AvgIpc) is 2.36. The lowest BCUT2D eigenvalue weighted by atomic mass is 9.92. The van der Waals surface area contributed by atoms with Gasteiger partial charge in [-0.3, -0.25) is 4.79 Å². The van der Waals surface area contributed by atoms with E-state index in [1.54, 1.807) is 12.1 Å². The van der Waals surface area contributed by atoms with Gasteiger partial charge in [0.05, 0.1) is 10.6 Å². The summed E-state index contributed by atoms with van der Waals surface area (Å²) >= 11 is 0. The maximum absolute atomic E-state index is 12.1. The van der Waals surface area contributed by atoms with Crippen LogP contribution < -0.4 is 0 Å². The average molecular weight is 266 g/mol. The zero-order valence-corrected chi connectivity index (χ0v) is 11.4. The van der Waals surface area contributed by atoms with Gasteiger partial charge in [-0.2, -0.15) is 0 Å². The normalized spacial score (nSPS) is 15.2. The second-order valence-electron chi connectivity index (χ2n) is 4.91. The first-order chi connectivity index (χ1) is 8.49. The Hall–Kier alpha value is -1.16. The number of sulfone groups is 1. The number of aryl methyl sites for hydroxylation is 2. The first-order valence-electron chi connectivity index (χ1n) is 6.33. The van der Waals surface area contributed by atoms with Crippen LogP contribution in [0.15, 0.2) is 23.1 Å². The summed E-state index contributed by atoms with van der Waals surface area (Å²) in [7, 11) is -3.31. The summed E-state index contributed by atoms with van der Waals surface area (Å²) in [5.41, 5.74) is 2.43. The Labute approximate surface area is 108 Å². The van der Waals surface area contributed by atoms with Gasteiger partial charge in [0, 0.05) is 6.42 Å². The highest BCUT2D eigenvalue weighted by Crippen LogP contribution is 2.24. The summed E-state index contributed by atoms with van der Waals surface area (Å²) in [6, 6.07) is 5.40. The lowest BCUT2D eigenvalue weighted by Crippen LogP contribution is -2.11. The molecule has 0 saturated carbocycles. The van der Waals surface area contributed by atoms with Crippen LogP contribution in [0.25, 0.3) is 0 Å². The standard InChI is InChI=1S/C14H18O3S/c1-11(15)8-9-18(16,17)14-7-6-12-4-2-3-5-13(12)10-14/h6-7,10H,2-5,8-9H2,1H3. The third kappa shape index (κ3) is 2.99. The quantitative estimate of drug-likeness (QED) is 0.840. The molecule has 0 amide bonds. The van der Waals surface area contributed by atoms with E-state index in [9.17, 15) is 13.2 Å². The van der Waals surface area contributed by atoms with Crippen molar-refractivity contribution in [3.63, 3.8) is 0 Å². The Balaban J connectivity index is 2.25. The van der Waals surface area contributed by atoms with Crippen LogP contribution >= 0.6 is 0 Å². The van der Waals surface area contributed by atoms with Crippen molar-refractivity contribution in [2.45, 2.75) is 43.9 Å². The molecule has 98 valence electrons. The molecule has 0 fully saturated rings. The maximum atomic E-state index is 12.1. The Kier molecular flexibility index (Phi) is 3.85. The van der Waals surface area contributed by atoms with Gasteiger partial charge in [0.15, 0.2) is 9.84 Å². The summed E-state index contributed by atoms with van der Waals surface area (Å²) in [5.74, 6) is -0.169. The SMILES string of the molecule is CC(=O)CCS(=O)(=O)c1ccc2c(c1)CCCC2. The summed E-state index contributed by atoms with van der Waals surface area (Å²) in [6.07, 6.45) is 4.42. The fourth-order valence-electron chi connectivity index (χ4n) is 2.30. The lowest BCUT2D eigenvalue weighted by Gasteiger charge is -2.16. The molecule has 4 heteroatoms. The molecule has 1 aliphatic rings. The van der Waals surface area contributed by atoms with E-state index in [0.717, 1.165) is 24.8 Å². The van der Waals surface area contributed by atoms with E-state index in [1.807, 2.05) is 6.07 Å². The molecular formula is C14H18O3S. The first-order valence-corrected chi connectivity index (χ1v) is 7.98. The third-order valence-electron chi connectivity index (χ3n) is 3.40. The van der Waals surface area contributed by atoms with Gasteiger partial charge < -0.3 is 0 Å². The van der Waals surface area contributed by atoms with Crippen LogP contribution in [0.3, 0.4) is 0 Å². The van der Waals surface area contributed by atoms with Crippen LogP contribution in [0, 0.1) is 0 Å².